The van der Waals surface area contributed by atoms with Crippen LogP contribution >= 0.6 is 0 Å². The number of nitrogen functional groups attached to an aromatic ring is 1. The monoisotopic (exact) mass is 328 g/mol. The van der Waals surface area contributed by atoms with Crippen molar-refractivity contribution in [2.75, 3.05) is 5.73 Å². The minimum Gasteiger partial charge on any atom is -0.478 e. The molecule has 0 fully saturated rings. The topological polar surface area (TPSA) is 151 Å². The maximum Gasteiger partial charge on any atom is 0.342 e. The number of aromatic amines is 1. The van der Waals surface area contributed by atoms with Gasteiger partial charge in [-0.1, -0.05) is 18.2 Å². The third-order valence-corrected chi connectivity index (χ3v) is 3.59. The highest BCUT2D eigenvalue weighted by molar-refractivity contribution is 6.10. The highest BCUT2D eigenvalue weighted by Gasteiger charge is 2.28. The molecule has 9 heteroatoms. The molecule has 0 saturated heterocycles. The number of H-pyrrole nitrogens is 1. The first kappa shape index (κ1) is 15.3. The standard InChI is InChI=1S/C15H12N4O5/c1-19-5-6-3-2-4-7(11(6)18-19)8-9(14(21)22)12(16)17-13(20)10(8)15(23)24/h2-5H,1H3,(H,21,22)(H,23,24)(H3,16,17,20). The number of rotatable bonds is 3. The molecule has 0 aliphatic carbocycles. The van der Waals surface area contributed by atoms with Crippen molar-refractivity contribution in [3.05, 3.63) is 45.9 Å². The summed E-state index contributed by atoms with van der Waals surface area (Å²) in [6.45, 7) is 0. The van der Waals surface area contributed by atoms with Crippen LogP contribution in [-0.2, 0) is 7.05 Å². The lowest BCUT2D eigenvalue weighted by Crippen LogP contribution is -2.24. The molecule has 0 aliphatic rings. The predicted molar refractivity (Wildman–Crippen MR) is 85.1 cm³/mol. The van der Waals surface area contributed by atoms with Gasteiger partial charge in [0.15, 0.2) is 0 Å². The van der Waals surface area contributed by atoms with E-state index in [-0.39, 0.29) is 11.1 Å². The van der Waals surface area contributed by atoms with E-state index in [0.29, 0.717) is 10.9 Å². The Balaban J connectivity index is 2.56. The summed E-state index contributed by atoms with van der Waals surface area (Å²) in [7, 11) is 1.67. The van der Waals surface area contributed by atoms with Crippen LogP contribution in [0.2, 0.25) is 0 Å². The van der Waals surface area contributed by atoms with E-state index >= 15 is 0 Å². The number of carboxylic acids is 2. The number of nitrogens with one attached hydrogen (secondary N) is 1. The third-order valence-electron chi connectivity index (χ3n) is 3.59. The summed E-state index contributed by atoms with van der Waals surface area (Å²) in [5, 5.41) is 23.8. The molecule has 3 rings (SSSR count). The molecule has 0 atom stereocenters. The number of aromatic nitrogens is 3. The lowest BCUT2D eigenvalue weighted by molar-refractivity contribution is 0.0695. The number of nitrogens with zero attached hydrogens (tertiary/aromatic N) is 2. The first-order chi connectivity index (χ1) is 11.3. The number of aryl methyl sites for hydroxylation is 1. The zero-order valence-electron chi connectivity index (χ0n) is 12.4. The van der Waals surface area contributed by atoms with Gasteiger partial charge >= 0.3 is 11.9 Å². The number of anilines is 1. The largest absolute Gasteiger partial charge is 0.478 e. The van der Waals surface area contributed by atoms with Gasteiger partial charge in [-0.05, 0) is 0 Å². The number of fused-ring (bicyclic) bond motifs is 1. The molecule has 3 aromatic rings. The van der Waals surface area contributed by atoms with Gasteiger partial charge in [-0.15, -0.1) is 0 Å². The molecule has 1 aromatic carbocycles. The van der Waals surface area contributed by atoms with E-state index in [1.54, 1.807) is 25.4 Å². The zero-order chi connectivity index (χ0) is 17.6. The lowest BCUT2D eigenvalue weighted by atomic mass is 9.94. The molecular weight excluding hydrogens is 316 g/mol. The Bertz CT molecular complexity index is 1060. The van der Waals surface area contributed by atoms with E-state index in [0.717, 1.165) is 0 Å². The van der Waals surface area contributed by atoms with E-state index < -0.39 is 34.4 Å². The molecule has 5 N–H and O–H groups in total. The van der Waals surface area contributed by atoms with Gasteiger partial charge in [-0.25, -0.2) is 9.59 Å². The van der Waals surface area contributed by atoms with Crippen molar-refractivity contribution in [1.29, 1.82) is 0 Å². The van der Waals surface area contributed by atoms with Gasteiger partial charge in [0.2, 0.25) is 0 Å². The molecule has 0 bridgehead atoms. The van der Waals surface area contributed by atoms with Crippen LogP contribution in [0.4, 0.5) is 5.82 Å². The Labute approximate surface area is 134 Å². The number of hydrogen-bond acceptors (Lipinski definition) is 5. The predicted octanol–water partition coefficient (Wildman–Crippen LogP) is 0.907. The number of aromatic carboxylic acids is 2. The quantitative estimate of drug-likeness (QED) is 0.557. The van der Waals surface area contributed by atoms with Crippen LogP contribution in [-0.4, -0.2) is 36.9 Å². The third kappa shape index (κ3) is 2.19. The molecule has 0 radical (unpaired) electrons. The van der Waals surface area contributed by atoms with E-state index in [1.807, 2.05) is 0 Å². The minimum atomic E-state index is -1.55. The molecule has 2 aromatic heterocycles. The molecule has 24 heavy (non-hydrogen) atoms. The number of nitrogens with two attached hydrogens (primary N) is 1. The Hall–Kier alpha value is -3.62. The summed E-state index contributed by atoms with van der Waals surface area (Å²) in [4.78, 5) is 37.3. The second-order valence-electron chi connectivity index (χ2n) is 5.15. The van der Waals surface area contributed by atoms with Crippen molar-refractivity contribution in [1.82, 2.24) is 14.8 Å². The first-order valence-electron chi connectivity index (χ1n) is 6.76. The van der Waals surface area contributed by atoms with Crippen LogP contribution in [0.5, 0.6) is 0 Å². The van der Waals surface area contributed by atoms with Crippen molar-refractivity contribution >= 4 is 28.7 Å². The summed E-state index contributed by atoms with van der Waals surface area (Å²) in [6.07, 6.45) is 1.69. The second kappa shape index (κ2) is 5.23. The average molecular weight is 328 g/mol. The van der Waals surface area contributed by atoms with E-state index in [1.165, 1.54) is 10.7 Å². The van der Waals surface area contributed by atoms with E-state index in [2.05, 4.69) is 10.1 Å². The number of hydrogen-bond donors (Lipinski definition) is 4. The van der Waals surface area contributed by atoms with Crippen LogP contribution < -0.4 is 11.3 Å². The Kier molecular flexibility index (Phi) is 3.33. The molecule has 0 unspecified atom stereocenters. The fraction of sp³-hybridized carbons (Fsp3) is 0.0667. The molecule has 0 amide bonds. The van der Waals surface area contributed by atoms with Crippen LogP contribution in [0.1, 0.15) is 20.7 Å². The summed E-state index contributed by atoms with van der Waals surface area (Å²) in [6, 6.07) is 4.86. The van der Waals surface area contributed by atoms with Gasteiger partial charge in [-0.3, -0.25) is 9.48 Å². The average Bonchev–Trinajstić information content (AvgIpc) is 2.85. The summed E-state index contributed by atoms with van der Waals surface area (Å²) >= 11 is 0. The van der Waals surface area contributed by atoms with Gasteiger partial charge < -0.3 is 20.9 Å². The molecule has 0 spiro atoms. The van der Waals surface area contributed by atoms with E-state index in [4.69, 9.17) is 5.73 Å². The molecule has 122 valence electrons. The van der Waals surface area contributed by atoms with Crippen molar-refractivity contribution in [2.45, 2.75) is 0 Å². The Morgan fingerprint density at radius 2 is 1.88 bits per heavy atom. The van der Waals surface area contributed by atoms with Crippen molar-refractivity contribution < 1.29 is 19.8 Å². The van der Waals surface area contributed by atoms with Gasteiger partial charge in [0.25, 0.3) is 5.56 Å². The Morgan fingerprint density at radius 3 is 2.50 bits per heavy atom. The summed E-state index contributed by atoms with van der Waals surface area (Å²) in [5.41, 5.74) is 3.79. The number of benzene rings is 1. The van der Waals surface area contributed by atoms with Gasteiger partial charge in [0.05, 0.1) is 0 Å². The lowest BCUT2D eigenvalue weighted by Gasteiger charge is -2.12. The van der Waals surface area contributed by atoms with Crippen LogP contribution in [0.25, 0.3) is 22.0 Å². The normalized spacial score (nSPS) is 10.9. The van der Waals surface area contributed by atoms with Crippen molar-refractivity contribution in [2.24, 2.45) is 7.05 Å². The fourth-order valence-electron chi connectivity index (χ4n) is 2.68. The van der Waals surface area contributed by atoms with E-state index in [9.17, 15) is 24.6 Å². The molecule has 0 saturated carbocycles. The SMILES string of the molecule is Cn1cc2cccc(-c3c(C(=O)O)c(N)[nH]c(=O)c3C(=O)O)c2n1. The second-order valence-corrected chi connectivity index (χ2v) is 5.15. The maximum absolute atomic E-state index is 12.1. The minimum absolute atomic E-state index is 0.209. The van der Waals surface area contributed by atoms with Crippen LogP contribution in [0, 0.1) is 0 Å². The number of carbonyl (C=O) groups is 2. The van der Waals surface area contributed by atoms with Crippen LogP contribution in [0.3, 0.4) is 0 Å². The van der Waals surface area contributed by atoms with Gasteiger partial charge in [-0.2, -0.15) is 5.10 Å². The van der Waals surface area contributed by atoms with Crippen molar-refractivity contribution in [3.63, 3.8) is 0 Å². The molecule has 9 nitrogen and oxygen atoms in total. The summed E-state index contributed by atoms with van der Waals surface area (Å²) < 4.78 is 1.51. The molecular formula is C15H12N4O5. The Morgan fingerprint density at radius 1 is 1.21 bits per heavy atom. The van der Waals surface area contributed by atoms with Gasteiger partial charge in [0.1, 0.15) is 22.5 Å². The van der Waals surface area contributed by atoms with Crippen molar-refractivity contribution in [3.8, 4) is 11.1 Å². The number of carboxylic acid groups (broad SMARTS) is 2. The molecule has 2 heterocycles. The maximum atomic E-state index is 12.1. The smallest absolute Gasteiger partial charge is 0.342 e. The zero-order valence-corrected chi connectivity index (χ0v) is 12.4. The first-order valence-corrected chi connectivity index (χ1v) is 6.76. The van der Waals surface area contributed by atoms with Gasteiger partial charge in [0, 0.05) is 29.8 Å². The van der Waals surface area contributed by atoms with Crippen LogP contribution in [0.15, 0.2) is 29.2 Å². The number of pyridine rings is 1. The summed E-state index contributed by atoms with van der Waals surface area (Å²) in [5.74, 6) is -3.42. The fourth-order valence-corrected chi connectivity index (χ4v) is 2.68. The highest BCUT2D eigenvalue weighted by Crippen LogP contribution is 2.33. The highest BCUT2D eigenvalue weighted by atomic mass is 16.4. The molecule has 0 aliphatic heterocycles.